The van der Waals surface area contributed by atoms with E-state index in [2.05, 4.69) is 5.32 Å². The number of nitrogens with one attached hydrogen (secondary N) is 2. The molecule has 0 spiro atoms. The Bertz CT molecular complexity index is 704. The first-order valence-corrected chi connectivity index (χ1v) is 9.10. The molecule has 0 fully saturated rings. The molecule has 11 nitrogen and oxygen atoms in total. The van der Waals surface area contributed by atoms with Crippen molar-refractivity contribution in [3.05, 3.63) is 35.4 Å². The van der Waals surface area contributed by atoms with Crippen molar-refractivity contribution in [1.82, 2.24) is 10.6 Å². The quantitative estimate of drug-likeness (QED) is 0.338. The Labute approximate surface area is 174 Å². The van der Waals surface area contributed by atoms with Crippen LogP contribution in [0.3, 0.4) is 0 Å². The molecule has 1 rings (SSSR count). The van der Waals surface area contributed by atoms with Crippen molar-refractivity contribution in [2.45, 2.75) is 46.1 Å². The van der Waals surface area contributed by atoms with Gasteiger partial charge in [-0.05, 0) is 25.5 Å². The summed E-state index contributed by atoms with van der Waals surface area (Å²) in [5.41, 5.74) is 6.72. The topological polar surface area (TPSA) is 196 Å². The fourth-order valence-electron chi connectivity index (χ4n) is 1.74. The minimum Gasteiger partial charge on any atom is -0.481 e. The number of hydrogen-bond donors (Lipinski definition) is 6. The molecule has 30 heavy (non-hydrogen) atoms. The molecule has 168 valence electrons. The Morgan fingerprint density at radius 1 is 0.933 bits per heavy atom. The van der Waals surface area contributed by atoms with Crippen molar-refractivity contribution in [3.8, 4) is 0 Å². The van der Waals surface area contributed by atoms with Gasteiger partial charge in [0.25, 0.3) is 0 Å². The highest BCUT2D eigenvalue weighted by atomic mass is 16.4. The van der Waals surface area contributed by atoms with Gasteiger partial charge in [-0.3, -0.25) is 14.4 Å². The average molecular weight is 427 g/mol. The molecular formula is C19H29N3O8. The number of aryl methyl sites for hydroxylation is 1. The first-order chi connectivity index (χ1) is 14.0. The summed E-state index contributed by atoms with van der Waals surface area (Å²) in [7, 11) is 0. The van der Waals surface area contributed by atoms with Crippen LogP contribution in [-0.4, -0.2) is 57.8 Å². The summed E-state index contributed by atoms with van der Waals surface area (Å²) in [6.45, 7) is 5.82. The lowest BCUT2D eigenvalue weighted by atomic mass is 10.1. The van der Waals surface area contributed by atoms with Gasteiger partial charge >= 0.3 is 23.9 Å². The minimum absolute atomic E-state index is 0.146. The third kappa shape index (κ3) is 15.4. The Balaban J connectivity index is 0. The zero-order chi connectivity index (χ0) is 23.7. The zero-order valence-electron chi connectivity index (χ0n) is 17.2. The highest BCUT2D eigenvalue weighted by Crippen LogP contribution is 2.01. The lowest BCUT2D eigenvalue weighted by Crippen LogP contribution is -2.46. The molecule has 7 N–H and O–H groups in total. The van der Waals surface area contributed by atoms with E-state index in [1.54, 1.807) is 12.1 Å². The third-order valence-corrected chi connectivity index (χ3v) is 3.21. The molecule has 11 heteroatoms. The minimum atomic E-state index is -1.36. The fraction of sp³-hybridized carbons (Fsp3) is 0.421. The van der Waals surface area contributed by atoms with Gasteiger partial charge in [0.1, 0.15) is 6.04 Å². The summed E-state index contributed by atoms with van der Waals surface area (Å²) in [4.78, 5) is 52.8. The van der Waals surface area contributed by atoms with Crippen LogP contribution in [0.25, 0.3) is 0 Å². The van der Waals surface area contributed by atoms with E-state index in [0.29, 0.717) is 5.56 Å². The summed E-state index contributed by atoms with van der Waals surface area (Å²) in [5, 5.41) is 29.6. The number of aliphatic carboxylic acids is 3. The van der Waals surface area contributed by atoms with Crippen LogP contribution < -0.4 is 16.4 Å². The van der Waals surface area contributed by atoms with Gasteiger partial charge in [-0.25, -0.2) is 9.59 Å². The van der Waals surface area contributed by atoms with Gasteiger partial charge in [0.15, 0.2) is 0 Å². The van der Waals surface area contributed by atoms with E-state index in [4.69, 9.17) is 21.1 Å². The van der Waals surface area contributed by atoms with E-state index >= 15 is 0 Å². The standard InChI is InChI=1S/C9H14N2O7.C8H9NO.C2H6/c12-6(13)2-1-5(8(16)17)11-9(18)10-4-3-7(14)15;1-6-2-4-7(5-3-6)8(9)10;1-2/h5H,1-4H2,(H,12,13)(H,14,15)(H,16,17)(H2,10,11,18);2-5H,1H3,(H2,9,10);1-2H3. The van der Waals surface area contributed by atoms with Crippen molar-refractivity contribution >= 4 is 29.8 Å². The second-order valence-electron chi connectivity index (χ2n) is 5.60. The maximum atomic E-state index is 11.2. The summed E-state index contributed by atoms with van der Waals surface area (Å²) in [6, 6.07) is 4.98. The monoisotopic (exact) mass is 427 g/mol. The molecule has 0 bridgehead atoms. The lowest BCUT2D eigenvalue weighted by molar-refractivity contribution is -0.141. The number of carbonyl (C=O) groups is 5. The van der Waals surface area contributed by atoms with Crippen molar-refractivity contribution in [2.75, 3.05) is 6.54 Å². The Kier molecular flexibility index (Phi) is 15.6. The molecule has 0 aliphatic carbocycles. The third-order valence-electron chi connectivity index (χ3n) is 3.21. The van der Waals surface area contributed by atoms with Crippen LogP contribution in [0.2, 0.25) is 0 Å². The fourth-order valence-corrected chi connectivity index (χ4v) is 1.74. The number of carboxylic acids is 3. The van der Waals surface area contributed by atoms with Crippen molar-refractivity contribution < 1.29 is 39.3 Å². The number of carboxylic acid groups (broad SMARTS) is 3. The summed E-state index contributed by atoms with van der Waals surface area (Å²) in [5.74, 6) is -4.00. The van der Waals surface area contributed by atoms with Crippen LogP contribution in [0.15, 0.2) is 24.3 Å². The van der Waals surface area contributed by atoms with Crippen molar-refractivity contribution in [1.29, 1.82) is 0 Å². The van der Waals surface area contributed by atoms with Gasteiger partial charge < -0.3 is 31.7 Å². The lowest BCUT2D eigenvalue weighted by Gasteiger charge is -2.13. The molecule has 0 saturated heterocycles. The smallest absolute Gasteiger partial charge is 0.326 e. The molecule has 0 aliphatic rings. The molecule has 1 aromatic rings. The molecule has 0 aliphatic heterocycles. The van der Waals surface area contributed by atoms with Gasteiger partial charge in [-0.1, -0.05) is 31.5 Å². The molecule has 1 unspecified atom stereocenters. The number of primary amides is 1. The molecule has 0 heterocycles. The first kappa shape index (κ1) is 28.6. The molecule has 1 aromatic carbocycles. The van der Waals surface area contributed by atoms with Crippen LogP contribution >= 0.6 is 0 Å². The number of amides is 3. The van der Waals surface area contributed by atoms with E-state index in [1.807, 2.05) is 38.2 Å². The molecule has 0 saturated carbocycles. The van der Waals surface area contributed by atoms with E-state index in [9.17, 15) is 24.0 Å². The number of rotatable bonds is 9. The molecular weight excluding hydrogens is 398 g/mol. The molecule has 1 atom stereocenters. The Morgan fingerprint density at radius 2 is 1.43 bits per heavy atom. The SMILES string of the molecule is CC.Cc1ccc(C(N)=O)cc1.O=C(O)CCNC(=O)NC(CCC(=O)O)C(=O)O. The van der Waals surface area contributed by atoms with Crippen molar-refractivity contribution in [3.63, 3.8) is 0 Å². The van der Waals surface area contributed by atoms with Crippen LogP contribution in [-0.2, 0) is 14.4 Å². The van der Waals surface area contributed by atoms with Crippen LogP contribution in [0.5, 0.6) is 0 Å². The van der Waals surface area contributed by atoms with E-state index in [0.717, 1.165) is 5.56 Å². The van der Waals surface area contributed by atoms with Crippen LogP contribution in [0, 0.1) is 6.92 Å². The van der Waals surface area contributed by atoms with Crippen molar-refractivity contribution in [2.24, 2.45) is 5.73 Å². The zero-order valence-corrected chi connectivity index (χ0v) is 17.2. The Morgan fingerprint density at radius 3 is 1.83 bits per heavy atom. The number of benzene rings is 1. The van der Waals surface area contributed by atoms with Gasteiger partial charge in [0, 0.05) is 18.5 Å². The predicted octanol–water partition coefficient (Wildman–Crippen LogP) is 1.20. The summed E-state index contributed by atoms with van der Waals surface area (Å²) >= 11 is 0. The van der Waals surface area contributed by atoms with E-state index in [-0.39, 0.29) is 25.3 Å². The van der Waals surface area contributed by atoms with Crippen LogP contribution in [0.1, 0.15) is 49.0 Å². The second-order valence-corrected chi connectivity index (χ2v) is 5.60. The van der Waals surface area contributed by atoms with Gasteiger partial charge in [-0.2, -0.15) is 0 Å². The molecule has 0 aromatic heterocycles. The number of hydrogen-bond acceptors (Lipinski definition) is 5. The average Bonchev–Trinajstić information content (AvgIpc) is 2.67. The van der Waals surface area contributed by atoms with Gasteiger partial charge in [0.2, 0.25) is 5.91 Å². The van der Waals surface area contributed by atoms with E-state index < -0.39 is 36.4 Å². The number of urea groups is 1. The van der Waals surface area contributed by atoms with Crippen LogP contribution in [0.4, 0.5) is 4.79 Å². The number of nitrogens with two attached hydrogens (primary N) is 1. The predicted molar refractivity (Wildman–Crippen MR) is 108 cm³/mol. The second kappa shape index (κ2) is 16.3. The largest absolute Gasteiger partial charge is 0.481 e. The summed E-state index contributed by atoms with van der Waals surface area (Å²) < 4.78 is 0. The maximum absolute atomic E-state index is 11.2. The highest BCUT2D eigenvalue weighted by molar-refractivity contribution is 5.92. The molecule has 3 amide bonds. The first-order valence-electron chi connectivity index (χ1n) is 9.10. The summed E-state index contributed by atoms with van der Waals surface area (Å²) in [6.07, 6.45) is -0.941. The normalized spacial score (nSPS) is 10.1. The molecule has 0 radical (unpaired) electrons. The van der Waals surface area contributed by atoms with Gasteiger partial charge in [-0.15, -0.1) is 0 Å². The van der Waals surface area contributed by atoms with Gasteiger partial charge in [0.05, 0.1) is 6.42 Å². The maximum Gasteiger partial charge on any atom is 0.326 e. The van der Waals surface area contributed by atoms with E-state index in [1.165, 1.54) is 0 Å². The Hall–Kier alpha value is -3.63. The number of carbonyl (C=O) groups excluding carboxylic acids is 2. The highest BCUT2D eigenvalue weighted by Gasteiger charge is 2.20.